The number of nitrogens with two attached hydrogens (primary N) is 1. The Morgan fingerprint density at radius 2 is 2.33 bits per heavy atom. The van der Waals surface area contributed by atoms with Crippen molar-refractivity contribution in [3.05, 3.63) is 22.4 Å². The lowest BCUT2D eigenvalue weighted by molar-refractivity contribution is -0.122. The van der Waals surface area contributed by atoms with Crippen molar-refractivity contribution in [1.29, 1.82) is 0 Å². The second-order valence-electron chi connectivity index (χ2n) is 4.50. The van der Waals surface area contributed by atoms with E-state index in [1.54, 1.807) is 18.4 Å². The fourth-order valence-electron chi connectivity index (χ4n) is 2.16. The zero-order chi connectivity index (χ0) is 13.5. The van der Waals surface area contributed by atoms with Crippen molar-refractivity contribution in [3.63, 3.8) is 0 Å². The summed E-state index contributed by atoms with van der Waals surface area (Å²) in [5.41, 5.74) is 7.31. The molecule has 1 amide bonds. The molecule has 0 aliphatic heterocycles. The lowest BCUT2D eigenvalue weighted by atomic mass is 10.0. The number of hydrogen-bond donors (Lipinski definition) is 2. The van der Waals surface area contributed by atoms with E-state index in [4.69, 9.17) is 5.73 Å². The van der Waals surface area contributed by atoms with Gasteiger partial charge in [-0.05, 0) is 42.3 Å². The molecule has 0 radical (unpaired) electrons. The molecule has 0 aromatic carbocycles. The summed E-state index contributed by atoms with van der Waals surface area (Å²) >= 11 is 1.66. The molecular weight excluding hydrogens is 246 g/mol. The fourth-order valence-corrected chi connectivity index (χ4v) is 2.85. The molecule has 2 atom stereocenters. The van der Waals surface area contributed by atoms with Crippen LogP contribution in [0.5, 0.6) is 0 Å². The molecule has 102 valence electrons. The summed E-state index contributed by atoms with van der Waals surface area (Å²) < 4.78 is 0. The van der Waals surface area contributed by atoms with Crippen LogP contribution in [0.25, 0.3) is 0 Å². The van der Waals surface area contributed by atoms with Gasteiger partial charge in [-0.15, -0.1) is 0 Å². The first-order valence-corrected chi connectivity index (χ1v) is 7.26. The Morgan fingerprint density at radius 3 is 2.78 bits per heavy atom. The van der Waals surface area contributed by atoms with E-state index in [0.29, 0.717) is 6.54 Å². The van der Waals surface area contributed by atoms with Gasteiger partial charge in [-0.2, -0.15) is 11.3 Å². The predicted molar refractivity (Wildman–Crippen MR) is 76.6 cm³/mol. The van der Waals surface area contributed by atoms with Gasteiger partial charge in [0.1, 0.15) is 0 Å². The van der Waals surface area contributed by atoms with Crippen LogP contribution in [0.4, 0.5) is 0 Å². The van der Waals surface area contributed by atoms with E-state index in [0.717, 1.165) is 13.0 Å². The van der Waals surface area contributed by atoms with Crippen LogP contribution in [-0.4, -0.2) is 37.0 Å². The van der Waals surface area contributed by atoms with Gasteiger partial charge in [-0.1, -0.05) is 6.92 Å². The molecule has 0 aliphatic carbocycles. The van der Waals surface area contributed by atoms with Crippen molar-refractivity contribution in [1.82, 2.24) is 10.2 Å². The molecule has 1 heterocycles. The summed E-state index contributed by atoms with van der Waals surface area (Å²) in [6.07, 6.45) is 1.00. The third kappa shape index (κ3) is 4.08. The molecule has 0 spiro atoms. The normalized spacial score (nSPS) is 14.5. The first-order chi connectivity index (χ1) is 8.60. The summed E-state index contributed by atoms with van der Waals surface area (Å²) in [4.78, 5) is 13.8. The first kappa shape index (κ1) is 15.1. The van der Waals surface area contributed by atoms with Crippen molar-refractivity contribution >= 4 is 17.2 Å². The van der Waals surface area contributed by atoms with E-state index in [-0.39, 0.29) is 18.0 Å². The summed E-state index contributed by atoms with van der Waals surface area (Å²) in [7, 11) is 1.66. The topological polar surface area (TPSA) is 58.4 Å². The van der Waals surface area contributed by atoms with Gasteiger partial charge in [0, 0.05) is 13.1 Å². The van der Waals surface area contributed by atoms with Crippen LogP contribution in [0.15, 0.2) is 16.8 Å². The van der Waals surface area contributed by atoms with E-state index < -0.39 is 0 Å². The summed E-state index contributed by atoms with van der Waals surface area (Å²) in [6.45, 7) is 5.37. The van der Waals surface area contributed by atoms with Crippen LogP contribution >= 0.6 is 11.3 Å². The van der Waals surface area contributed by atoms with Crippen molar-refractivity contribution < 1.29 is 4.79 Å². The predicted octanol–water partition coefficient (Wildman–Crippen LogP) is 1.59. The second-order valence-corrected chi connectivity index (χ2v) is 5.28. The van der Waals surface area contributed by atoms with E-state index in [9.17, 15) is 4.79 Å². The molecule has 1 aromatic heterocycles. The van der Waals surface area contributed by atoms with Gasteiger partial charge in [0.2, 0.25) is 5.91 Å². The van der Waals surface area contributed by atoms with Gasteiger partial charge in [0.25, 0.3) is 0 Å². The van der Waals surface area contributed by atoms with Crippen molar-refractivity contribution in [2.45, 2.75) is 32.4 Å². The first-order valence-electron chi connectivity index (χ1n) is 6.32. The molecule has 0 fully saturated rings. The Balaban J connectivity index is 2.87. The Bertz CT molecular complexity index is 351. The summed E-state index contributed by atoms with van der Waals surface area (Å²) in [5.74, 6) is 0.0318. The van der Waals surface area contributed by atoms with Crippen LogP contribution in [-0.2, 0) is 4.79 Å². The van der Waals surface area contributed by atoms with Crippen LogP contribution in [0.3, 0.4) is 0 Å². The highest BCUT2D eigenvalue weighted by Gasteiger charge is 2.25. The second kappa shape index (κ2) is 7.51. The van der Waals surface area contributed by atoms with Gasteiger partial charge in [-0.3, -0.25) is 9.69 Å². The third-order valence-electron chi connectivity index (χ3n) is 2.91. The van der Waals surface area contributed by atoms with Gasteiger partial charge in [0.15, 0.2) is 0 Å². The number of nitrogens with one attached hydrogen (secondary N) is 1. The molecule has 1 aromatic rings. The average molecular weight is 269 g/mol. The monoisotopic (exact) mass is 269 g/mol. The van der Waals surface area contributed by atoms with Gasteiger partial charge in [-0.25, -0.2) is 0 Å². The summed E-state index contributed by atoms with van der Waals surface area (Å²) in [6, 6.07) is 2.19. The minimum absolute atomic E-state index is 0.00388. The largest absolute Gasteiger partial charge is 0.358 e. The number of carbonyl (C=O) groups excluding carboxylic acids is 1. The number of nitrogens with zero attached hydrogens (tertiary/aromatic N) is 1. The molecule has 0 saturated heterocycles. The maximum Gasteiger partial charge on any atom is 0.233 e. The lowest BCUT2D eigenvalue weighted by Crippen LogP contribution is -2.44. The van der Waals surface area contributed by atoms with Crippen LogP contribution in [0.1, 0.15) is 31.9 Å². The van der Waals surface area contributed by atoms with Crippen LogP contribution < -0.4 is 11.1 Å². The molecule has 5 heteroatoms. The van der Waals surface area contributed by atoms with Crippen LogP contribution in [0, 0.1) is 0 Å². The van der Waals surface area contributed by atoms with Gasteiger partial charge >= 0.3 is 0 Å². The van der Waals surface area contributed by atoms with E-state index >= 15 is 0 Å². The average Bonchev–Trinajstić information content (AvgIpc) is 2.82. The number of amides is 1. The van der Waals surface area contributed by atoms with Crippen molar-refractivity contribution in [2.75, 3.05) is 20.1 Å². The van der Waals surface area contributed by atoms with E-state index in [1.807, 2.05) is 6.92 Å². The standard InChI is InChI=1S/C13H23N3OS/c1-4-6-16(8-12(17)15-3)13(10(2)14)11-5-7-18-9-11/h5,7,9-10,13H,4,6,8,14H2,1-3H3,(H,15,17). The highest BCUT2D eigenvalue weighted by molar-refractivity contribution is 7.07. The molecule has 0 bridgehead atoms. The lowest BCUT2D eigenvalue weighted by Gasteiger charge is -2.33. The van der Waals surface area contributed by atoms with E-state index in [1.165, 1.54) is 5.56 Å². The maximum atomic E-state index is 11.6. The molecule has 0 saturated carbocycles. The number of likely N-dealkylation sites (N-methyl/N-ethyl adjacent to an activating group) is 1. The van der Waals surface area contributed by atoms with Gasteiger partial charge < -0.3 is 11.1 Å². The molecule has 18 heavy (non-hydrogen) atoms. The third-order valence-corrected chi connectivity index (χ3v) is 3.61. The Hall–Kier alpha value is -0.910. The molecule has 4 nitrogen and oxygen atoms in total. The highest BCUT2D eigenvalue weighted by Crippen LogP contribution is 2.25. The number of thiophene rings is 1. The highest BCUT2D eigenvalue weighted by atomic mass is 32.1. The maximum absolute atomic E-state index is 11.6. The fraction of sp³-hybridized carbons (Fsp3) is 0.615. The number of rotatable bonds is 7. The molecular formula is C13H23N3OS. The SMILES string of the molecule is CCCN(CC(=O)NC)C(c1ccsc1)C(C)N. The van der Waals surface area contributed by atoms with Gasteiger partial charge in [0.05, 0.1) is 12.6 Å². The zero-order valence-electron chi connectivity index (χ0n) is 11.3. The molecule has 1 rings (SSSR count). The Labute approximate surface area is 113 Å². The Kier molecular flexibility index (Phi) is 6.32. The number of carbonyl (C=O) groups is 1. The quantitative estimate of drug-likeness (QED) is 0.790. The van der Waals surface area contributed by atoms with Crippen molar-refractivity contribution in [2.24, 2.45) is 5.73 Å². The van der Waals surface area contributed by atoms with Crippen LogP contribution in [0.2, 0.25) is 0 Å². The van der Waals surface area contributed by atoms with Crippen molar-refractivity contribution in [3.8, 4) is 0 Å². The zero-order valence-corrected chi connectivity index (χ0v) is 12.2. The summed E-state index contributed by atoms with van der Waals surface area (Å²) in [5, 5.41) is 6.84. The molecule has 3 N–H and O–H groups in total. The van der Waals surface area contributed by atoms with E-state index in [2.05, 4.69) is 34.0 Å². The number of hydrogen-bond acceptors (Lipinski definition) is 4. The smallest absolute Gasteiger partial charge is 0.233 e. The minimum atomic E-state index is -0.00388. The minimum Gasteiger partial charge on any atom is -0.358 e. The molecule has 0 aliphatic rings. The molecule has 2 unspecified atom stereocenters. The Morgan fingerprint density at radius 1 is 1.61 bits per heavy atom.